The molecule has 382 valence electrons. The Hall–Kier alpha value is -2.11. The Morgan fingerprint density at radius 1 is 0.292 bits per heavy atom. The van der Waals surface area contributed by atoms with Gasteiger partial charge in [0.15, 0.2) is 6.10 Å². The third-order valence-electron chi connectivity index (χ3n) is 12.9. The first-order valence-electron chi connectivity index (χ1n) is 28.8. The van der Waals surface area contributed by atoms with Crippen molar-refractivity contribution in [3.63, 3.8) is 0 Å². The van der Waals surface area contributed by atoms with Gasteiger partial charge in [-0.15, -0.1) is 0 Å². The van der Waals surface area contributed by atoms with Crippen LogP contribution in [0.2, 0.25) is 0 Å². The monoisotopic (exact) mass is 915 g/mol. The summed E-state index contributed by atoms with van der Waals surface area (Å²) in [5.74, 6) is -0.860. The zero-order chi connectivity index (χ0) is 47.2. The predicted molar refractivity (Wildman–Crippen MR) is 279 cm³/mol. The van der Waals surface area contributed by atoms with Crippen LogP contribution in [0.3, 0.4) is 0 Å². The smallest absolute Gasteiger partial charge is 0.306 e. The van der Waals surface area contributed by atoms with Crippen LogP contribution in [-0.4, -0.2) is 37.2 Å². The van der Waals surface area contributed by atoms with E-state index in [2.05, 4.69) is 45.1 Å². The maximum Gasteiger partial charge on any atom is 0.306 e. The van der Waals surface area contributed by atoms with Crippen LogP contribution in [0.5, 0.6) is 0 Å². The van der Waals surface area contributed by atoms with Gasteiger partial charge in [-0.2, -0.15) is 0 Å². The molecule has 0 amide bonds. The standard InChI is InChI=1S/C59H110O6/c1-4-7-10-13-16-19-22-25-27-29-31-34-37-40-43-46-49-52-58(61)64-55-56(54-63-57(60)51-48-45-42-39-36-33-24-21-18-15-12-9-6-3)65-59(62)53-50-47-44-41-38-35-32-30-28-26-23-20-17-14-11-8-5-2/h25-28,56H,4-24,29-55H2,1-3H3/t56-/m1/s1. The molecule has 0 radical (unpaired) electrons. The molecule has 0 aliphatic carbocycles. The molecule has 0 fully saturated rings. The lowest BCUT2D eigenvalue weighted by Crippen LogP contribution is -2.30. The molecule has 0 aromatic heterocycles. The molecule has 6 nitrogen and oxygen atoms in total. The largest absolute Gasteiger partial charge is 0.462 e. The highest BCUT2D eigenvalue weighted by Gasteiger charge is 2.19. The van der Waals surface area contributed by atoms with Crippen LogP contribution in [0.25, 0.3) is 0 Å². The number of carbonyl (C=O) groups is 3. The first kappa shape index (κ1) is 62.9. The minimum atomic E-state index is -0.771. The third kappa shape index (κ3) is 52.7. The molecule has 0 aliphatic rings. The van der Waals surface area contributed by atoms with E-state index in [0.717, 1.165) is 57.8 Å². The van der Waals surface area contributed by atoms with E-state index in [-0.39, 0.29) is 31.1 Å². The van der Waals surface area contributed by atoms with E-state index in [4.69, 9.17) is 14.2 Å². The molecule has 0 aromatic carbocycles. The number of esters is 3. The fourth-order valence-corrected chi connectivity index (χ4v) is 8.55. The van der Waals surface area contributed by atoms with Gasteiger partial charge in [-0.05, 0) is 70.6 Å². The molecule has 0 aliphatic heterocycles. The van der Waals surface area contributed by atoms with Gasteiger partial charge in [0.2, 0.25) is 0 Å². The van der Waals surface area contributed by atoms with Crippen molar-refractivity contribution in [2.75, 3.05) is 13.2 Å². The maximum atomic E-state index is 12.8. The lowest BCUT2D eigenvalue weighted by Gasteiger charge is -2.18. The zero-order valence-corrected chi connectivity index (χ0v) is 43.8. The van der Waals surface area contributed by atoms with Gasteiger partial charge in [-0.3, -0.25) is 14.4 Å². The second kappa shape index (κ2) is 54.5. The Morgan fingerprint density at radius 2 is 0.508 bits per heavy atom. The third-order valence-corrected chi connectivity index (χ3v) is 12.9. The van der Waals surface area contributed by atoms with E-state index in [1.807, 2.05) is 0 Å². The van der Waals surface area contributed by atoms with Gasteiger partial charge in [0.25, 0.3) is 0 Å². The number of allylic oxidation sites excluding steroid dienone is 4. The van der Waals surface area contributed by atoms with Crippen LogP contribution in [0, 0.1) is 0 Å². The number of ether oxygens (including phenoxy) is 3. The normalized spacial score (nSPS) is 12.1. The van der Waals surface area contributed by atoms with Crippen molar-refractivity contribution in [2.24, 2.45) is 0 Å². The van der Waals surface area contributed by atoms with Gasteiger partial charge in [0.05, 0.1) is 0 Å². The van der Waals surface area contributed by atoms with E-state index in [0.29, 0.717) is 19.3 Å². The Labute approximate surface area is 404 Å². The number of rotatable bonds is 53. The van der Waals surface area contributed by atoms with Gasteiger partial charge in [0, 0.05) is 19.3 Å². The molecule has 0 heterocycles. The molecule has 0 saturated carbocycles. The molecule has 6 heteroatoms. The van der Waals surface area contributed by atoms with Crippen molar-refractivity contribution in [2.45, 2.75) is 322 Å². The molecule has 0 bridgehead atoms. The van der Waals surface area contributed by atoms with Crippen LogP contribution in [-0.2, 0) is 28.6 Å². The van der Waals surface area contributed by atoms with E-state index in [1.54, 1.807) is 0 Å². The number of unbranched alkanes of at least 4 members (excludes halogenated alkanes) is 38. The lowest BCUT2D eigenvalue weighted by atomic mass is 10.0. The Bertz CT molecular complexity index is 1050. The van der Waals surface area contributed by atoms with Gasteiger partial charge in [0.1, 0.15) is 13.2 Å². The highest BCUT2D eigenvalue weighted by molar-refractivity contribution is 5.71. The average molecular weight is 916 g/mol. The van der Waals surface area contributed by atoms with Crippen molar-refractivity contribution in [3.05, 3.63) is 24.3 Å². The molecule has 1 atom stereocenters. The predicted octanol–water partition coefficient (Wildman–Crippen LogP) is 19.1. The molecule has 65 heavy (non-hydrogen) atoms. The van der Waals surface area contributed by atoms with Crippen molar-refractivity contribution >= 4 is 17.9 Å². The Kier molecular flexibility index (Phi) is 52.7. The quantitative estimate of drug-likeness (QED) is 0.0262. The zero-order valence-electron chi connectivity index (χ0n) is 43.8. The first-order chi connectivity index (χ1) is 32.0. The van der Waals surface area contributed by atoms with Gasteiger partial charge < -0.3 is 14.2 Å². The summed E-state index contributed by atoms with van der Waals surface area (Å²) >= 11 is 0. The summed E-state index contributed by atoms with van der Waals surface area (Å²) in [6.45, 7) is 6.67. The van der Waals surface area contributed by atoms with Gasteiger partial charge in [-0.1, -0.05) is 251 Å². The van der Waals surface area contributed by atoms with Gasteiger partial charge in [-0.25, -0.2) is 0 Å². The van der Waals surface area contributed by atoms with Crippen molar-refractivity contribution < 1.29 is 28.6 Å². The average Bonchev–Trinajstić information content (AvgIpc) is 3.30. The van der Waals surface area contributed by atoms with Crippen molar-refractivity contribution in [1.29, 1.82) is 0 Å². The number of hydrogen-bond acceptors (Lipinski definition) is 6. The SMILES string of the molecule is CCCCCCCCC=CCCCCCCCCCC(=O)OC[C@@H](COC(=O)CCCCCCCCCCCCCCC)OC(=O)CCCCCCCCCC=CCCCCCCCC. The number of hydrogen-bond donors (Lipinski definition) is 0. The minimum absolute atomic E-state index is 0.0700. The van der Waals surface area contributed by atoms with Crippen LogP contribution < -0.4 is 0 Å². The fraction of sp³-hybridized carbons (Fsp3) is 0.881. The highest BCUT2D eigenvalue weighted by atomic mass is 16.6. The number of carbonyl (C=O) groups excluding carboxylic acids is 3. The minimum Gasteiger partial charge on any atom is -0.462 e. The highest BCUT2D eigenvalue weighted by Crippen LogP contribution is 2.16. The van der Waals surface area contributed by atoms with Crippen LogP contribution in [0.15, 0.2) is 24.3 Å². The van der Waals surface area contributed by atoms with E-state index in [9.17, 15) is 14.4 Å². The summed E-state index contributed by atoms with van der Waals surface area (Å²) in [5, 5.41) is 0. The van der Waals surface area contributed by atoms with Crippen molar-refractivity contribution in [1.82, 2.24) is 0 Å². The van der Waals surface area contributed by atoms with Gasteiger partial charge >= 0.3 is 17.9 Å². The Balaban J connectivity index is 4.34. The molecule has 0 N–H and O–H groups in total. The molecule has 0 saturated heterocycles. The second-order valence-corrected chi connectivity index (χ2v) is 19.6. The van der Waals surface area contributed by atoms with Crippen LogP contribution >= 0.6 is 0 Å². The summed E-state index contributed by atoms with van der Waals surface area (Å²) in [6, 6.07) is 0. The summed E-state index contributed by atoms with van der Waals surface area (Å²) in [5.41, 5.74) is 0. The summed E-state index contributed by atoms with van der Waals surface area (Å²) in [7, 11) is 0. The Morgan fingerprint density at radius 3 is 0.769 bits per heavy atom. The molecular weight excluding hydrogens is 805 g/mol. The fourth-order valence-electron chi connectivity index (χ4n) is 8.55. The topological polar surface area (TPSA) is 78.9 Å². The molecule has 0 aromatic rings. The van der Waals surface area contributed by atoms with Crippen LogP contribution in [0.4, 0.5) is 0 Å². The van der Waals surface area contributed by atoms with E-state index >= 15 is 0 Å². The molecule has 0 spiro atoms. The molecular formula is C59H110O6. The summed E-state index contributed by atoms with van der Waals surface area (Å²) in [4.78, 5) is 38.1. The summed E-state index contributed by atoms with van der Waals surface area (Å²) in [6.07, 6.45) is 63.0. The molecule has 0 unspecified atom stereocenters. The van der Waals surface area contributed by atoms with E-state index < -0.39 is 6.10 Å². The second-order valence-electron chi connectivity index (χ2n) is 19.6. The molecule has 0 rings (SSSR count). The lowest BCUT2D eigenvalue weighted by molar-refractivity contribution is -0.167. The van der Waals surface area contributed by atoms with E-state index in [1.165, 1.54) is 218 Å². The van der Waals surface area contributed by atoms with Crippen LogP contribution in [0.1, 0.15) is 316 Å². The summed E-state index contributed by atoms with van der Waals surface area (Å²) < 4.78 is 16.9. The first-order valence-corrected chi connectivity index (χ1v) is 28.8. The van der Waals surface area contributed by atoms with Crippen molar-refractivity contribution in [3.8, 4) is 0 Å². The maximum absolute atomic E-state index is 12.8.